The number of rotatable bonds is 5. The summed E-state index contributed by atoms with van der Waals surface area (Å²) in [4.78, 5) is 13.1. The number of aryl methyl sites for hydroxylation is 1. The zero-order chi connectivity index (χ0) is 20.1. The molecule has 4 aromatic rings. The van der Waals surface area contributed by atoms with Crippen LogP contribution < -0.4 is 11.1 Å². The van der Waals surface area contributed by atoms with E-state index in [-0.39, 0.29) is 6.04 Å². The first-order chi connectivity index (χ1) is 14.0. The van der Waals surface area contributed by atoms with Gasteiger partial charge in [-0.05, 0) is 31.9 Å². The van der Waals surface area contributed by atoms with Crippen LogP contribution in [0.25, 0.3) is 27.8 Å². The van der Waals surface area contributed by atoms with Crippen LogP contribution >= 0.6 is 0 Å². The number of hydrogen-bond acceptors (Lipinski definition) is 6. The van der Waals surface area contributed by atoms with Crippen LogP contribution in [0.5, 0.6) is 0 Å². The first-order valence-corrected chi connectivity index (χ1v) is 9.46. The number of halogens is 2. The predicted molar refractivity (Wildman–Crippen MR) is 105 cm³/mol. The Labute approximate surface area is 164 Å². The Hall–Kier alpha value is -3.14. The van der Waals surface area contributed by atoms with Gasteiger partial charge < -0.3 is 15.6 Å². The summed E-state index contributed by atoms with van der Waals surface area (Å²) < 4.78 is 29.2. The van der Waals surface area contributed by atoms with Crippen molar-refractivity contribution < 1.29 is 8.78 Å². The number of hydrogen-bond donors (Lipinski definition) is 2. The first kappa shape index (κ1) is 17.9. The normalized spacial score (nSPS) is 19.2. The van der Waals surface area contributed by atoms with Gasteiger partial charge in [0.15, 0.2) is 5.65 Å². The van der Waals surface area contributed by atoms with Gasteiger partial charge in [0.2, 0.25) is 5.95 Å². The number of fused-ring (bicyclic) bond motifs is 2. The minimum absolute atomic E-state index is 0.249. The van der Waals surface area contributed by atoms with E-state index in [1.165, 1.54) is 4.57 Å². The number of nitrogens with two attached hydrogens (primary N) is 1. The summed E-state index contributed by atoms with van der Waals surface area (Å²) in [6, 6.07) is 4.31. The molecule has 0 radical (unpaired) electrons. The molecule has 150 valence electrons. The molecule has 4 heterocycles. The standard InChI is InChI=1S/C19H20F2N8/c1-10-25-18-15(28(10)9-17(20)21)4-11(7-23-18)14-2-3-29-16(14)8-24-19(27-29)26-13-5-12(22)6-13/h2-4,7-8,12-13,17H,5-6,9,22H2,1H3,(H,26,27)/t12-,13+. The van der Waals surface area contributed by atoms with Gasteiger partial charge in [-0.1, -0.05) is 0 Å². The Bertz CT molecular complexity index is 1190. The van der Waals surface area contributed by atoms with Gasteiger partial charge in [-0.2, -0.15) is 0 Å². The molecule has 8 nitrogen and oxygen atoms in total. The first-order valence-electron chi connectivity index (χ1n) is 9.46. The van der Waals surface area contributed by atoms with Crippen molar-refractivity contribution in [2.75, 3.05) is 5.32 Å². The lowest BCUT2D eigenvalue weighted by Gasteiger charge is -2.32. The third kappa shape index (κ3) is 3.19. The van der Waals surface area contributed by atoms with E-state index in [2.05, 4.69) is 25.4 Å². The van der Waals surface area contributed by atoms with Crippen LogP contribution in [-0.2, 0) is 6.54 Å². The summed E-state index contributed by atoms with van der Waals surface area (Å²) in [6.45, 7) is 1.29. The molecule has 0 atom stereocenters. The number of imidazole rings is 1. The maximum Gasteiger partial charge on any atom is 0.256 e. The predicted octanol–water partition coefficient (Wildman–Crippen LogP) is 2.62. The quantitative estimate of drug-likeness (QED) is 0.536. The van der Waals surface area contributed by atoms with Gasteiger partial charge in [0, 0.05) is 35.6 Å². The molecule has 0 unspecified atom stereocenters. The van der Waals surface area contributed by atoms with Crippen molar-refractivity contribution in [3.05, 3.63) is 36.5 Å². The third-order valence-corrected chi connectivity index (χ3v) is 5.35. The number of alkyl halides is 2. The molecule has 5 rings (SSSR count). The summed E-state index contributed by atoms with van der Waals surface area (Å²) in [5, 5.41) is 7.79. The highest BCUT2D eigenvalue weighted by molar-refractivity contribution is 5.85. The van der Waals surface area contributed by atoms with Crippen LogP contribution in [0, 0.1) is 6.92 Å². The lowest BCUT2D eigenvalue weighted by Crippen LogP contribution is -2.44. The SMILES string of the molecule is Cc1nc2ncc(-c3ccn4nc(N[C@H]5C[C@@H](N)C5)ncc34)cc2n1CC(F)F. The van der Waals surface area contributed by atoms with E-state index in [1.54, 1.807) is 23.8 Å². The fourth-order valence-electron chi connectivity index (χ4n) is 3.81. The van der Waals surface area contributed by atoms with Gasteiger partial charge in [0.25, 0.3) is 6.43 Å². The lowest BCUT2D eigenvalue weighted by atomic mass is 9.88. The number of anilines is 1. The second-order valence-corrected chi connectivity index (χ2v) is 7.44. The number of pyridine rings is 1. The molecule has 4 aromatic heterocycles. The van der Waals surface area contributed by atoms with E-state index < -0.39 is 13.0 Å². The summed E-state index contributed by atoms with van der Waals surface area (Å²) in [7, 11) is 0. The maximum absolute atomic E-state index is 13.0. The Morgan fingerprint density at radius 2 is 2.07 bits per heavy atom. The average Bonchev–Trinajstić information content (AvgIpc) is 3.21. The van der Waals surface area contributed by atoms with Gasteiger partial charge in [-0.25, -0.2) is 28.2 Å². The molecule has 0 aliphatic heterocycles. The third-order valence-electron chi connectivity index (χ3n) is 5.35. The summed E-state index contributed by atoms with van der Waals surface area (Å²) in [5.74, 6) is 1.07. The topological polar surface area (TPSA) is 98.9 Å². The summed E-state index contributed by atoms with van der Waals surface area (Å²) in [5.41, 5.74) is 9.33. The molecule has 29 heavy (non-hydrogen) atoms. The van der Waals surface area contributed by atoms with Crippen LogP contribution in [-0.4, -0.2) is 47.6 Å². The molecule has 0 aromatic carbocycles. The van der Waals surface area contributed by atoms with E-state index in [0.717, 1.165) is 29.5 Å². The summed E-state index contributed by atoms with van der Waals surface area (Å²) in [6.07, 6.45) is 4.64. The highest BCUT2D eigenvalue weighted by Gasteiger charge is 2.26. The highest BCUT2D eigenvalue weighted by atomic mass is 19.3. The lowest BCUT2D eigenvalue weighted by molar-refractivity contribution is 0.127. The molecular weight excluding hydrogens is 378 g/mol. The molecule has 0 spiro atoms. The van der Waals surface area contributed by atoms with Gasteiger partial charge in [0.05, 0.1) is 23.8 Å². The van der Waals surface area contributed by atoms with Crippen LogP contribution in [0.1, 0.15) is 18.7 Å². The monoisotopic (exact) mass is 398 g/mol. The van der Waals surface area contributed by atoms with Gasteiger partial charge in [-0.15, -0.1) is 5.10 Å². The van der Waals surface area contributed by atoms with Crippen LogP contribution in [0.3, 0.4) is 0 Å². The van der Waals surface area contributed by atoms with Crippen molar-refractivity contribution >= 4 is 22.6 Å². The molecule has 1 saturated carbocycles. The molecule has 1 aliphatic carbocycles. The van der Waals surface area contributed by atoms with Crippen molar-refractivity contribution in [3.8, 4) is 11.1 Å². The zero-order valence-corrected chi connectivity index (χ0v) is 15.8. The summed E-state index contributed by atoms with van der Waals surface area (Å²) >= 11 is 0. The fourth-order valence-corrected chi connectivity index (χ4v) is 3.81. The number of nitrogens with one attached hydrogen (secondary N) is 1. The number of aromatic nitrogens is 6. The van der Waals surface area contributed by atoms with E-state index >= 15 is 0 Å². The van der Waals surface area contributed by atoms with Gasteiger partial charge in [-0.3, -0.25) is 0 Å². The van der Waals surface area contributed by atoms with E-state index in [1.807, 2.05) is 18.3 Å². The van der Waals surface area contributed by atoms with Crippen molar-refractivity contribution in [2.45, 2.75) is 44.8 Å². The molecule has 0 amide bonds. The second kappa shape index (κ2) is 6.73. The minimum Gasteiger partial charge on any atom is -0.350 e. The molecular formula is C19H20F2N8. The molecule has 1 fully saturated rings. The van der Waals surface area contributed by atoms with E-state index in [9.17, 15) is 8.78 Å². The maximum atomic E-state index is 13.0. The molecule has 0 saturated heterocycles. The average molecular weight is 398 g/mol. The van der Waals surface area contributed by atoms with Crippen LogP contribution in [0.15, 0.2) is 30.7 Å². The van der Waals surface area contributed by atoms with E-state index in [4.69, 9.17) is 5.73 Å². The smallest absolute Gasteiger partial charge is 0.256 e. The van der Waals surface area contributed by atoms with Gasteiger partial charge >= 0.3 is 0 Å². The van der Waals surface area contributed by atoms with Crippen molar-refractivity contribution in [3.63, 3.8) is 0 Å². The van der Waals surface area contributed by atoms with Crippen LogP contribution in [0.2, 0.25) is 0 Å². The zero-order valence-electron chi connectivity index (χ0n) is 15.8. The largest absolute Gasteiger partial charge is 0.350 e. The molecule has 10 heteroatoms. The Morgan fingerprint density at radius 1 is 1.24 bits per heavy atom. The van der Waals surface area contributed by atoms with Gasteiger partial charge in [0.1, 0.15) is 5.82 Å². The molecule has 0 bridgehead atoms. The highest BCUT2D eigenvalue weighted by Crippen LogP contribution is 2.28. The Morgan fingerprint density at radius 3 is 2.83 bits per heavy atom. The fraction of sp³-hybridized carbons (Fsp3) is 0.368. The van der Waals surface area contributed by atoms with Crippen molar-refractivity contribution in [1.82, 2.24) is 29.1 Å². The number of nitrogens with zero attached hydrogens (tertiary/aromatic N) is 6. The van der Waals surface area contributed by atoms with E-state index in [0.29, 0.717) is 29.0 Å². The van der Waals surface area contributed by atoms with Crippen molar-refractivity contribution in [2.24, 2.45) is 5.73 Å². The Balaban J connectivity index is 1.50. The van der Waals surface area contributed by atoms with Crippen molar-refractivity contribution in [1.29, 1.82) is 0 Å². The van der Waals surface area contributed by atoms with Crippen LogP contribution in [0.4, 0.5) is 14.7 Å². The Kier molecular flexibility index (Phi) is 4.16. The second-order valence-electron chi connectivity index (χ2n) is 7.44. The molecule has 1 aliphatic rings. The molecule has 3 N–H and O–H groups in total. The minimum atomic E-state index is -2.46.